The summed E-state index contributed by atoms with van der Waals surface area (Å²) in [7, 11) is 0. The van der Waals surface area contributed by atoms with Gasteiger partial charge in [0.2, 0.25) is 0 Å². The van der Waals surface area contributed by atoms with Gasteiger partial charge in [-0.05, 0) is 88.9 Å². The molecule has 0 aliphatic carbocycles. The van der Waals surface area contributed by atoms with E-state index in [4.69, 9.17) is 12.6 Å². The van der Waals surface area contributed by atoms with Crippen LogP contribution in [0.25, 0.3) is 98.8 Å². The second kappa shape index (κ2) is 11.1. The number of hydrogen-bond donors (Lipinski definition) is 0. The van der Waals surface area contributed by atoms with Crippen molar-refractivity contribution in [1.82, 2.24) is 0 Å². The minimum Gasteiger partial charge on any atom is -0.456 e. The maximum atomic E-state index is 8.87. The van der Waals surface area contributed by atoms with Crippen molar-refractivity contribution in [3.63, 3.8) is 0 Å². The number of furan rings is 1. The van der Waals surface area contributed by atoms with Crippen molar-refractivity contribution in [2.45, 2.75) is 0 Å². The first-order chi connectivity index (χ1) is 26.8. The quantitative estimate of drug-likeness (QED) is 0.177. The first-order valence-corrected chi connectivity index (χ1v) is 16.4. The Morgan fingerprint density at radius 3 is 1.65 bits per heavy atom. The summed E-state index contributed by atoms with van der Waals surface area (Å²) in [5.74, 6) is 0. The minimum atomic E-state index is -0.429. The highest BCUT2D eigenvalue weighted by Gasteiger charge is 2.19. The van der Waals surface area contributed by atoms with Crippen LogP contribution < -0.4 is 0 Å². The summed E-state index contributed by atoms with van der Waals surface area (Å²) in [4.78, 5) is 0. The van der Waals surface area contributed by atoms with Crippen molar-refractivity contribution >= 4 is 54.3 Å². The largest absolute Gasteiger partial charge is 0.456 e. The van der Waals surface area contributed by atoms with Crippen LogP contribution in [0.4, 0.5) is 0 Å². The third-order valence-corrected chi connectivity index (χ3v) is 9.65. The Morgan fingerprint density at radius 1 is 0.347 bits per heavy atom. The second-order valence-electron chi connectivity index (χ2n) is 12.3. The lowest BCUT2D eigenvalue weighted by Crippen LogP contribution is -1.92. The molecule has 228 valence electrons. The van der Waals surface area contributed by atoms with E-state index < -0.39 is 6.04 Å². The van der Waals surface area contributed by atoms with Gasteiger partial charge in [0.15, 0.2) is 0 Å². The van der Waals surface area contributed by atoms with Crippen LogP contribution in [0.1, 0.15) is 8.22 Å². The Kier molecular flexibility index (Phi) is 5.02. The molecule has 0 saturated heterocycles. The predicted molar refractivity (Wildman–Crippen MR) is 208 cm³/mol. The summed E-state index contributed by atoms with van der Waals surface area (Å²) in [6, 6.07) is 48.5. The molecule has 1 aromatic heterocycles. The molecule has 0 radical (unpaired) electrons. The van der Waals surface area contributed by atoms with E-state index in [0.29, 0.717) is 16.4 Å². The van der Waals surface area contributed by atoms with E-state index in [1.807, 2.05) is 18.2 Å². The molecule has 0 unspecified atom stereocenters. The average Bonchev–Trinajstić information content (AvgIpc) is 3.63. The van der Waals surface area contributed by atoms with Gasteiger partial charge in [-0.1, -0.05) is 170 Å². The smallest absolute Gasteiger partial charge is 0.136 e. The lowest BCUT2D eigenvalue weighted by Gasteiger charge is -2.20. The number of fused-ring (bicyclic) bond motifs is 7. The molecule has 0 bridgehead atoms. The Morgan fingerprint density at radius 2 is 0.918 bits per heavy atom. The van der Waals surface area contributed by atoms with Crippen molar-refractivity contribution in [3.05, 3.63) is 182 Å². The molecule has 10 aromatic rings. The van der Waals surface area contributed by atoms with Crippen LogP contribution in [-0.2, 0) is 0 Å². The van der Waals surface area contributed by atoms with Gasteiger partial charge in [-0.2, -0.15) is 0 Å². The first kappa shape index (κ1) is 22.2. The van der Waals surface area contributed by atoms with E-state index >= 15 is 0 Å². The molecule has 9 aromatic carbocycles. The molecule has 1 heteroatoms. The molecular formula is C48H30O. The van der Waals surface area contributed by atoms with Crippen LogP contribution in [0.5, 0.6) is 0 Å². The van der Waals surface area contributed by atoms with Crippen molar-refractivity contribution in [3.8, 4) is 44.5 Å². The Balaban J connectivity index is 1.20. The fourth-order valence-corrected chi connectivity index (χ4v) is 7.55. The molecule has 0 aliphatic rings. The van der Waals surface area contributed by atoms with Gasteiger partial charge in [-0.15, -0.1) is 0 Å². The van der Waals surface area contributed by atoms with E-state index in [9.17, 15) is 0 Å². The van der Waals surface area contributed by atoms with Crippen molar-refractivity contribution < 1.29 is 12.6 Å². The van der Waals surface area contributed by atoms with Gasteiger partial charge in [-0.3, -0.25) is 0 Å². The monoisotopic (exact) mass is 628 g/mol. The van der Waals surface area contributed by atoms with E-state index in [1.54, 1.807) is 6.07 Å². The zero-order valence-electron chi connectivity index (χ0n) is 32.3. The molecule has 0 saturated carbocycles. The van der Waals surface area contributed by atoms with Gasteiger partial charge in [-0.25, -0.2) is 0 Å². The maximum Gasteiger partial charge on any atom is 0.136 e. The topological polar surface area (TPSA) is 13.1 Å². The maximum absolute atomic E-state index is 8.87. The third-order valence-electron chi connectivity index (χ3n) is 9.65. The fourth-order valence-electron chi connectivity index (χ4n) is 7.55. The fraction of sp³-hybridized carbons (Fsp3) is 0. The van der Waals surface area contributed by atoms with Gasteiger partial charge < -0.3 is 4.42 Å². The van der Waals surface area contributed by atoms with Crippen LogP contribution >= 0.6 is 0 Å². The van der Waals surface area contributed by atoms with E-state index in [2.05, 4.69) is 121 Å². The van der Waals surface area contributed by atoms with Crippen LogP contribution in [0.15, 0.2) is 186 Å². The normalized spacial score (nSPS) is 13.4. The van der Waals surface area contributed by atoms with E-state index in [-0.39, 0.29) is 46.6 Å². The SMILES string of the molecule is [2H]c1c([2H])c([2H])c2c(c1[2H])c([2H])c([2H])c1oc3cccc(-c4ccc(-c5c6ccccc6c(-c6ccccc6-c6ccccc6)c6ccccc56)cc4)c3c12. The summed E-state index contributed by atoms with van der Waals surface area (Å²) in [5, 5.41) is 5.88. The Hall–Kier alpha value is -6.44. The average molecular weight is 629 g/mol. The molecule has 1 nitrogen and oxygen atoms in total. The molecule has 49 heavy (non-hydrogen) atoms. The van der Waals surface area contributed by atoms with Crippen molar-refractivity contribution in [2.75, 3.05) is 0 Å². The van der Waals surface area contributed by atoms with Crippen molar-refractivity contribution in [2.24, 2.45) is 0 Å². The molecular weight excluding hydrogens is 593 g/mol. The summed E-state index contributed by atoms with van der Waals surface area (Å²) < 4.78 is 57.9. The van der Waals surface area contributed by atoms with Gasteiger partial charge >= 0.3 is 0 Å². The van der Waals surface area contributed by atoms with Crippen molar-refractivity contribution in [1.29, 1.82) is 0 Å². The number of hydrogen-bond acceptors (Lipinski definition) is 1. The Labute approximate surface area is 292 Å². The molecule has 0 aliphatic heterocycles. The predicted octanol–water partition coefficient (Wildman–Crippen LogP) is 13.7. The zero-order valence-corrected chi connectivity index (χ0v) is 26.3. The molecule has 0 amide bonds. The number of benzene rings is 9. The van der Waals surface area contributed by atoms with Gasteiger partial charge in [0.1, 0.15) is 11.2 Å². The molecule has 0 fully saturated rings. The van der Waals surface area contributed by atoms with Crippen LogP contribution in [-0.4, -0.2) is 0 Å². The molecule has 0 N–H and O–H groups in total. The second-order valence-corrected chi connectivity index (χ2v) is 12.3. The highest BCUT2D eigenvalue weighted by atomic mass is 16.3. The standard InChI is InChI=1S/C48H30O/c1-2-13-31(14-3-1)35-16-6-7-18-38(35)46-41-21-10-8-19-39(41)45(40-20-9-11-22-42(40)46)34-27-25-33(26-28-34)37-23-12-24-43-47(37)48-36-17-5-4-15-32(36)29-30-44(48)49-43/h1-30H/i4D,5D,15D,17D,29D,30D. The lowest BCUT2D eigenvalue weighted by molar-refractivity contribution is 0.669. The number of rotatable bonds is 4. The molecule has 10 rings (SSSR count). The van der Waals surface area contributed by atoms with Gasteiger partial charge in [0.25, 0.3) is 0 Å². The van der Waals surface area contributed by atoms with Crippen LogP contribution in [0.2, 0.25) is 0 Å². The van der Waals surface area contributed by atoms with Crippen LogP contribution in [0, 0.1) is 0 Å². The highest BCUT2D eigenvalue weighted by Crippen LogP contribution is 2.47. The van der Waals surface area contributed by atoms with E-state index in [0.717, 1.165) is 43.8 Å². The Bertz CT molecular complexity index is 3150. The summed E-state index contributed by atoms with van der Waals surface area (Å²) in [6.45, 7) is 0. The summed E-state index contributed by atoms with van der Waals surface area (Å²) in [6.07, 6.45) is 0. The molecule has 0 atom stereocenters. The van der Waals surface area contributed by atoms with Gasteiger partial charge in [0.05, 0.1) is 8.22 Å². The van der Waals surface area contributed by atoms with E-state index in [1.165, 1.54) is 22.3 Å². The van der Waals surface area contributed by atoms with Crippen LogP contribution in [0.3, 0.4) is 0 Å². The zero-order chi connectivity index (χ0) is 37.5. The molecule has 0 spiro atoms. The lowest BCUT2D eigenvalue weighted by atomic mass is 9.83. The molecule has 1 heterocycles. The summed E-state index contributed by atoms with van der Waals surface area (Å²) >= 11 is 0. The minimum absolute atomic E-state index is 0.0185. The highest BCUT2D eigenvalue weighted by molar-refractivity contribution is 6.24. The third kappa shape index (κ3) is 4.33. The van der Waals surface area contributed by atoms with Gasteiger partial charge in [0, 0.05) is 10.8 Å². The summed E-state index contributed by atoms with van der Waals surface area (Å²) in [5.41, 5.74) is 9.19. The first-order valence-electron chi connectivity index (χ1n) is 19.4.